The van der Waals surface area contributed by atoms with E-state index in [2.05, 4.69) is 5.32 Å². The van der Waals surface area contributed by atoms with Crippen LogP contribution in [0.2, 0.25) is 0 Å². The van der Waals surface area contributed by atoms with E-state index in [9.17, 15) is 4.79 Å². The number of benzene rings is 1. The Balaban J connectivity index is 2.57. The van der Waals surface area contributed by atoms with Crippen molar-refractivity contribution in [3.05, 3.63) is 23.8 Å². The lowest BCUT2D eigenvalue weighted by molar-refractivity contribution is -0.122. The molecule has 0 saturated carbocycles. The normalized spacial score (nSPS) is 10.4. The van der Waals surface area contributed by atoms with Gasteiger partial charge in [-0.1, -0.05) is 6.07 Å². The Kier molecular flexibility index (Phi) is 6.87. The third kappa shape index (κ3) is 5.48. The topological polar surface area (TPSA) is 73.6 Å². The molecule has 0 spiro atoms. The van der Waals surface area contributed by atoms with E-state index < -0.39 is 0 Å². The predicted octanol–water partition coefficient (Wildman–Crippen LogP) is 1.49. The van der Waals surface area contributed by atoms with Gasteiger partial charge in [-0.25, -0.2) is 0 Å². The van der Waals surface area contributed by atoms with Crippen molar-refractivity contribution in [1.82, 2.24) is 5.32 Å². The first-order valence-electron chi connectivity index (χ1n) is 6.86. The maximum atomic E-state index is 11.5. The first-order valence-corrected chi connectivity index (χ1v) is 6.86. The second-order valence-electron chi connectivity index (χ2n) is 4.84. The van der Waals surface area contributed by atoms with Gasteiger partial charge in [0.05, 0.1) is 20.1 Å². The maximum absolute atomic E-state index is 11.5. The molecule has 5 heteroatoms. The van der Waals surface area contributed by atoms with Crippen LogP contribution in [-0.4, -0.2) is 32.2 Å². The molecule has 0 radical (unpaired) electrons. The summed E-state index contributed by atoms with van der Waals surface area (Å²) in [6.07, 6.45) is 1.11. The molecule has 20 heavy (non-hydrogen) atoms. The summed E-state index contributed by atoms with van der Waals surface area (Å²) < 4.78 is 10.9. The highest BCUT2D eigenvalue weighted by Crippen LogP contribution is 2.28. The molecule has 0 fully saturated rings. The van der Waals surface area contributed by atoms with Crippen molar-refractivity contribution in [3.63, 3.8) is 0 Å². The highest BCUT2D eigenvalue weighted by atomic mass is 16.5. The molecule has 1 aromatic carbocycles. The molecular formula is C15H24N2O3. The van der Waals surface area contributed by atoms with E-state index in [-0.39, 0.29) is 11.9 Å². The van der Waals surface area contributed by atoms with Gasteiger partial charge in [0.2, 0.25) is 5.91 Å². The third-order valence-corrected chi connectivity index (χ3v) is 2.70. The fourth-order valence-corrected chi connectivity index (χ4v) is 1.80. The van der Waals surface area contributed by atoms with Crippen LogP contribution >= 0.6 is 0 Å². The number of amides is 1. The van der Waals surface area contributed by atoms with Crippen LogP contribution in [0, 0.1) is 0 Å². The second-order valence-corrected chi connectivity index (χ2v) is 4.84. The van der Waals surface area contributed by atoms with E-state index in [4.69, 9.17) is 15.2 Å². The lowest BCUT2D eigenvalue weighted by Crippen LogP contribution is -2.31. The van der Waals surface area contributed by atoms with Gasteiger partial charge < -0.3 is 20.5 Å². The van der Waals surface area contributed by atoms with E-state index in [0.29, 0.717) is 31.1 Å². The molecule has 0 aliphatic carbocycles. The van der Waals surface area contributed by atoms with Gasteiger partial charge in [0.15, 0.2) is 11.5 Å². The minimum atomic E-state index is -0.0166. The fraction of sp³-hybridized carbons (Fsp3) is 0.533. The van der Waals surface area contributed by atoms with Crippen LogP contribution < -0.4 is 20.5 Å². The Morgan fingerprint density at radius 2 is 2.10 bits per heavy atom. The Labute approximate surface area is 120 Å². The Morgan fingerprint density at radius 1 is 1.35 bits per heavy atom. The summed E-state index contributed by atoms with van der Waals surface area (Å²) in [6, 6.07) is 5.87. The highest BCUT2D eigenvalue weighted by Gasteiger charge is 2.08. The molecule has 0 heterocycles. The van der Waals surface area contributed by atoms with Crippen LogP contribution in [0.4, 0.5) is 0 Å². The van der Waals surface area contributed by atoms with Crippen LogP contribution in [-0.2, 0) is 11.2 Å². The van der Waals surface area contributed by atoms with Gasteiger partial charge in [0, 0.05) is 6.04 Å². The van der Waals surface area contributed by atoms with Crippen LogP contribution in [0.3, 0.4) is 0 Å². The van der Waals surface area contributed by atoms with Crippen molar-refractivity contribution >= 4 is 5.91 Å². The molecule has 1 rings (SSSR count). The number of methoxy groups -OCH3 is 1. The molecular weight excluding hydrogens is 256 g/mol. The Bertz CT molecular complexity index is 433. The molecule has 5 nitrogen and oxygen atoms in total. The molecule has 112 valence electrons. The van der Waals surface area contributed by atoms with Crippen LogP contribution in [0.15, 0.2) is 18.2 Å². The lowest BCUT2D eigenvalue weighted by Gasteiger charge is -2.13. The number of carbonyl (C=O) groups excluding carboxylic acids is 1. The van der Waals surface area contributed by atoms with E-state index in [0.717, 1.165) is 12.0 Å². The van der Waals surface area contributed by atoms with Gasteiger partial charge in [-0.3, -0.25) is 4.79 Å². The fourth-order valence-electron chi connectivity index (χ4n) is 1.80. The first kappa shape index (κ1) is 16.3. The lowest BCUT2D eigenvalue weighted by atomic mass is 10.1. The first-order chi connectivity index (χ1) is 9.56. The summed E-state index contributed by atoms with van der Waals surface area (Å²) in [5, 5.41) is 2.82. The van der Waals surface area contributed by atoms with E-state index in [1.807, 2.05) is 32.0 Å². The molecule has 0 aliphatic heterocycles. The number of ether oxygens (including phenoxy) is 2. The zero-order valence-corrected chi connectivity index (χ0v) is 12.4. The van der Waals surface area contributed by atoms with Crippen molar-refractivity contribution in [3.8, 4) is 11.5 Å². The minimum absolute atomic E-state index is 0.0166. The molecule has 1 aromatic rings. The smallest absolute Gasteiger partial charge is 0.223 e. The van der Waals surface area contributed by atoms with Gasteiger partial charge in [0.25, 0.3) is 0 Å². The Hall–Kier alpha value is -1.75. The van der Waals surface area contributed by atoms with Crippen molar-refractivity contribution in [2.45, 2.75) is 32.7 Å². The number of rotatable bonds is 8. The van der Waals surface area contributed by atoms with Gasteiger partial charge in [-0.05, 0) is 44.5 Å². The molecule has 1 amide bonds. The van der Waals surface area contributed by atoms with Crippen molar-refractivity contribution in [2.24, 2.45) is 5.73 Å². The number of nitrogens with one attached hydrogen (secondary N) is 1. The number of carbonyl (C=O) groups is 1. The van der Waals surface area contributed by atoms with Gasteiger partial charge >= 0.3 is 0 Å². The van der Waals surface area contributed by atoms with Crippen LogP contribution in [0.5, 0.6) is 11.5 Å². The second kappa shape index (κ2) is 8.43. The zero-order chi connectivity index (χ0) is 15.0. The largest absolute Gasteiger partial charge is 0.493 e. The maximum Gasteiger partial charge on any atom is 0.223 e. The highest BCUT2D eigenvalue weighted by molar-refractivity contribution is 5.76. The standard InChI is InChI=1S/C15H24N2O3/c1-11(2)17-15(18)7-9-20-14-10-12(6-8-16)4-5-13(14)19-3/h4-5,10-11H,6-9,16H2,1-3H3,(H,17,18). The zero-order valence-electron chi connectivity index (χ0n) is 12.4. The average Bonchev–Trinajstić information content (AvgIpc) is 2.38. The number of nitrogens with two attached hydrogens (primary N) is 1. The summed E-state index contributed by atoms with van der Waals surface area (Å²) in [5.74, 6) is 1.29. The molecule has 0 aromatic heterocycles. The monoisotopic (exact) mass is 280 g/mol. The molecule has 0 saturated heterocycles. The summed E-state index contributed by atoms with van der Waals surface area (Å²) in [5.41, 5.74) is 6.63. The molecule has 0 unspecified atom stereocenters. The summed E-state index contributed by atoms with van der Waals surface area (Å²) >= 11 is 0. The van der Waals surface area contributed by atoms with Gasteiger partial charge in [-0.2, -0.15) is 0 Å². The summed E-state index contributed by atoms with van der Waals surface area (Å²) in [6.45, 7) is 4.76. The molecule has 0 bridgehead atoms. The van der Waals surface area contributed by atoms with Gasteiger partial charge in [-0.15, -0.1) is 0 Å². The summed E-state index contributed by atoms with van der Waals surface area (Å²) in [4.78, 5) is 11.5. The van der Waals surface area contributed by atoms with Crippen molar-refractivity contribution in [2.75, 3.05) is 20.3 Å². The Morgan fingerprint density at radius 3 is 2.70 bits per heavy atom. The van der Waals surface area contributed by atoms with Gasteiger partial charge in [0.1, 0.15) is 0 Å². The van der Waals surface area contributed by atoms with Crippen LogP contribution in [0.25, 0.3) is 0 Å². The van der Waals surface area contributed by atoms with E-state index >= 15 is 0 Å². The van der Waals surface area contributed by atoms with Crippen LogP contribution in [0.1, 0.15) is 25.8 Å². The number of hydrogen-bond acceptors (Lipinski definition) is 4. The van der Waals surface area contributed by atoms with Crippen molar-refractivity contribution in [1.29, 1.82) is 0 Å². The third-order valence-electron chi connectivity index (χ3n) is 2.70. The molecule has 0 atom stereocenters. The summed E-state index contributed by atoms with van der Waals surface area (Å²) in [7, 11) is 1.59. The quantitative estimate of drug-likeness (QED) is 0.756. The SMILES string of the molecule is COc1ccc(CCN)cc1OCCC(=O)NC(C)C. The molecule has 0 aliphatic rings. The van der Waals surface area contributed by atoms with E-state index in [1.54, 1.807) is 7.11 Å². The number of hydrogen-bond donors (Lipinski definition) is 2. The van der Waals surface area contributed by atoms with E-state index in [1.165, 1.54) is 0 Å². The molecule has 3 N–H and O–H groups in total. The van der Waals surface area contributed by atoms with Crippen molar-refractivity contribution < 1.29 is 14.3 Å². The predicted molar refractivity (Wildman–Crippen MR) is 79.1 cm³/mol. The average molecular weight is 280 g/mol. The minimum Gasteiger partial charge on any atom is -0.493 e.